The van der Waals surface area contributed by atoms with Crippen LogP contribution in [-0.4, -0.2) is 24.5 Å². The minimum absolute atomic E-state index is 0.171. The van der Waals surface area contributed by atoms with Gasteiger partial charge >= 0.3 is 5.97 Å². The van der Waals surface area contributed by atoms with Crippen molar-refractivity contribution in [2.75, 3.05) is 7.11 Å². The van der Waals surface area contributed by atoms with Gasteiger partial charge in [0.15, 0.2) is 5.78 Å². The molecule has 0 spiro atoms. The summed E-state index contributed by atoms with van der Waals surface area (Å²) in [4.78, 5) is 24.8. The number of ether oxygens (including phenoxy) is 2. The van der Waals surface area contributed by atoms with Gasteiger partial charge < -0.3 is 9.47 Å². The van der Waals surface area contributed by atoms with Gasteiger partial charge in [0.1, 0.15) is 5.75 Å². The van der Waals surface area contributed by atoms with Crippen molar-refractivity contribution in [2.24, 2.45) is 0 Å². The van der Waals surface area contributed by atoms with Crippen molar-refractivity contribution in [3.8, 4) is 17.6 Å². The summed E-state index contributed by atoms with van der Waals surface area (Å²) < 4.78 is 10.7. The number of esters is 1. The molecule has 1 aliphatic heterocycles. The van der Waals surface area contributed by atoms with Crippen molar-refractivity contribution in [3.05, 3.63) is 65.2 Å². The highest BCUT2D eigenvalue weighted by molar-refractivity contribution is 6.05. The second-order valence-corrected chi connectivity index (χ2v) is 5.64. The molecule has 0 aromatic heterocycles. The first-order valence-electron chi connectivity index (χ1n) is 7.53. The van der Waals surface area contributed by atoms with Crippen LogP contribution in [0.2, 0.25) is 0 Å². The maximum atomic E-state index is 12.5. The number of hydrogen-bond acceptors (Lipinski definition) is 4. The third kappa shape index (κ3) is 2.89. The number of methoxy groups -OCH3 is 1. The van der Waals surface area contributed by atoms with Gasteiger partial charge in [0.2, 0.25) is 0 Å². The lowest BCUT2D eigenvalue weighted by atomic mass is 9.89. The number of carbonyl (C=O) groups excluding carboxylic acids is 2. The largest absolute Gasteiger partial charge is 0.465 e. The van der Waals surface area contributed by atoms with Crippen LogP contribution < -0.4 is 4.74 Å². The number of ketones is 1. The third-order valence-electron chi connectivity index (χ3n) is 3.83. The first-order valence-corrected chi connectivity index (χ1v) is 7.53. The zero-order chi connectivity index (χ0) is 17.2. The number of benzene rings is 2. The predicted octanol–water partition coefficient (Wildman–Crippen LogP) is 2.92. The topological polar surface area (TPSA) is 52.6 Å². The predicted molar refractivity (Wildman–Crippen MR) is 88.8 cm³/mol. The zero-order valence-electron chi connectivity index (χ0n) is 13.5. The molecule has 3 rings (SSSR count). The first kappa shape index (κ1) is 15.8. The normalized spacial score (nSPS) is 18.7. The Hall–Kier alpha value is -3.06. The van der Waals surface area contributed by atoms with Gasteiger partial charge in [-0.3, -0.25) is 4.79 Å². The summed E-state index contributed by atoms with van der Waals surface area (Å²) in [7, 11) is 1.26. The standard InChI is InChI=1S/C20H16O4/c1-14-8-9-16-17(21)13-20(19(22)23-2,24-18(16)12-14)11-10-15-6-4-3-5-7-15/h3-9,12H,13H2,1-2H3/t20-/m0/s1. The number of fused-ring (bicyclic) bond motifs is 1. The molecule has 0 N–H and O–H groups in total. The monoisotopic (exact) mass is 320 g/mol. The van der Waals surface area contributed by atoms with Crippen LogP contribution in [0.3, 0.4) is 0 Å². The molecule has 0 amide bonds. The van der Waals surface area contributed by atoms with Crippen molar-refractivity contribution in [2.45, 2.75) is 18.9 Å². The van der Waals surface area contributed by atoms with E-state index in [-0.39, 0.29) is 12.2 Å². The molecule has 1 heterocycles. The van der Waals surface area contributed by atoms with E-state index in [0.717, 1.165) is 11.1 Å². The van der Waals surface area contributed by atoms with Crippen LogP contribution in [0.15, 0.2) is 48.5 Å². The molecule has 0 radical (unpaired) electrons. The molecule has 0 saturated carbocycles. The van der Waals surface area contributed by atoms with Crippen molar-refractivity contribution in [3.63, 3.8) is 0 Å². The van der Waals surface area contributed by atoms with Crippen LogP contribution in [-0.2, 0) is 9.53 Å². The molecule has 24 heavy (non-hydrogen) atoms. The van der Waals surface area contributed by atoms with E-state index in [2.05, 4.69) is 11.8 Å². The minimum Gasteiger partial charge on any atom is -0.465 e. The number of carbonyl (C=O) groups is 2. The highest BCUT2D eigenvalue weighted by Gasteiger charge is 2.47. The lowest BCUT2D eigenvalue weighted by Crippen LogP contribution is -2.48. The molecule has 1 aliphatic rings. The van der Waals surface area contributed by atoms with E-state index in [1.165, 1.54) is 7.11 Å². The summed E-state index contributed by atoms with van der Waals surface area (Å²) in [6.07, 6.45) is -0.171. The molecule has 120 valence electrons. The van der Waals surface area contributed by atoms with E-state index in [4.69, 9.17) is 9.47 Å². The molecule has 4 heteroatoms. The summed E-state index contributed by atoms with van der Waals surface area (Å²) in [5.41, 5.74) is 0.495. The molecular weight excluding hydrogens is 304 g/mol. The van der Waals surface area contributed by atoms with Crippen molar-refractivity contribution in [1.82, 2.24) is 0 Å². The highest BCUT2D eigenvalue weighted by Crippen LogP contribution is 2.34. The fraction of sp³-hybridized carbons (Fsp3) is 0.200. The molecule has 2 aromatic rings. The van der Waals surface area contributed by atoms with Crippen LogP contribution in [0.1, 0.15) is 27.9 Å². The molecule has 0 aliphatic carbocycles. The fourth-order valence-corrected chi connectivity index (χ4v) is 2.58. The molecule has 2 aromatic carbocycles. The minimum atomic E-state index is -1.62. The van der Waals surface area contributed by atoms with Crippen molar-refractivity contribution >= 4 is 11.8 Å². The zero-order valence-corrected chi connectivity index (χ0v) is 13.5. The van der Waals surface area contributed by atoms with Gasteiger partial charge in [0.25, 0.3) is 5.60 Å². The first-order chi connectivity index (χ1) is 11.5. The van der Waals surface area contributed by atoms with Gasteiger partial charge in [0, 0.05) is 5.56 Å². The average Bonchev–Trinajstić information content (AvgIpc) is 2.59. The van der Waals surface area contributed by atoms with Crippen molar-refractivity contribution in [1.29, 1.82) is 0 Å². The summed E-state index contributed by atoms with van der Waals surface area (Å²) in [6.45, 7) is 1.89. The van der Waals surface area contributed by atoms with Gasteiger partial charge in [-0.15, -0.1) is 0 Å². The maximum absolute atomic E-state index is 12.5. The summed E-state index contributed by atoms with van der Waals surface area (Å²) in [6, 6.07) is 14.5. The molecule has 0 saturated heterocycles. The molecule has 0 unspecified atom stereocenters. The van der Waals surface area contributed by atoms with E-state index >= 15 is 0 Å². The van der Waals surface area contributed by atoms with E-state index in [9.17, 15) is 9.59 Å². The summed E-state index contributed by atoms with van der Waals surface area (Å²) in [5, 5.41) is 0. The second-order valence-electron chi connectivity index (χ2n) is 5.64. The van der Waals surface area contributed by atoms with Gasteiger partial charge in [-0.1, -0.05) is 30.2 Å². The number of aryl methyl sites for hydroxylation is 1. The molecule has 4 nitrogen and oxygen atoms in total. The van der Waals surface area contributed by atoms with Crippen molar-refractivity contribution < 1.29 is 19.1 Å². The Morgan fingerprint density at radius 2 is 1.96 bits per heavy atom. The third-order valence-corrected chi connectivity index (χ3v) is 3.83. The van der Waals surface area contributed by atoms with E-state index < -0.39 is 11.6 Å². The lowest BCUT2D eigenvalue weighted by Gasteiger charge is -2.31. The fourth-order valence-electron chi connectivity index (χ4n) is 2.58. The van der Waals surface area contributed by atoms with E-state index in [1.807, 2.05) is 43.3 Å². The van der Waals surface area contributed by atoms with Gasteiger partial charge in [-0.2, -0.15) is 0 Å². The van der Waals surface area contributed by atoms with Crippen LogP contribution >= 0.6 is 0 Å². The molecule has 0 fully saturated rings. The Kier molecular flexibility index (Phi) is 4.09. The Morgan fingerprint density at radius 1 is 1.21 bits per heavy atom. The molecule has 0 bridgehead atoms. The van der Waals surface area contributed by atoms with Crippen LogP contribution in [0.25, 0.3) is 0 Å². The Labute approximate surface area is 140 Å². The lowest BCUT2D eigenvalue weighted by molar-refractivity contribution is -0.154. The Bertz CT molecular complexity index is 858. The number of rotatable bonds is 1. The Balaban J connectivity index is 2.07. The van der Waals surface area contributed by atoms with E-state index in [0.29, 0.717) is 11.3 Å². The Morgan fingerprint density at radius 3 is 2.67 bits per heavy atom. The van der Waals surface area contributed by atoms with Crippen LogP contribution in [0.4, 0.5) is 0 Å². The van der Waals surface area contributed by atoms with Crippen LogP contribution in [0.5, 0.6) is 5.75 Å². The average molecular weight is 320 g/mol. The SMILES string of the molecule is COC(=O)[C@]1(C#Cc2ccccc2)CC(=O)c2ccc(C)cc2O1. The van der Waals surface area contributed by atoms with E-state index in [1.54, 1.807) is 12.1 Å². The van der Waals surface area contributed by atoms with Gasteiger partial charge in [-0.25, -0.2) is 4.79 Å². The number of Topliss-reactive ketones (excluding diaryl/α,β-unsaturated/α-hetero) is 1. The summed E-state index contributed by atoms with van der Waals surface area (Å²) in [5.74, 6) is 5.23. The molecular formula is C20H16O4. The maximum Gasteiger partial charge on any atom is 0.363 e. The smallest absolute Gasteiger partial charge is 0.363 e. The molecule has 1 atom stereocenters. The van der Waals surface area contributed by atoms with Gasteiger partial charge in [0.05, 0.1) is 19.1 Å². The van der Waals surface area contributed by atoms with Gasteiger partial charge in [-0.05, 0) is 42.7 Å². The second kappa shape index (κ2) is 6.21. The highest BCUT2D eigenvalue weighted by atomic mass is 16.6. The quantitative estimate of drug-likeness (QED) is 0.599. The summed E-state index contributed by atoms with van der Waals surface area (Å²) >= 11 is 0. The number of hydrogen-bond donors (Lipinski definition) is 0. The van der Waals surface area contributed by atoms with Crippen LogP contribution in [0, 0.1) is 18.8 Å².